The number of benzene rings is 2. The summed E-state index contributed by atoms with van der Waals surface area (Å²) in [6.07, 6.45) is -0.862. The molecular formula is C14H11ClF2O2. The predicted octanol–water partition coefficient (Wildman–Crippen LogP) is 4.02. The average Bonchev–Trinajstić information content (AvgIpc) is 2.38. The second-order valence-electron chi connectivity index (χ2n) is 3.91. The number of hydrogen-bond donors (Lipinski definition) is 1. The van der Waals surface area contributed by atoms with Gasteiger partial charge in [0.15, 0.2) is 0 Å². The second kappa shape index (κ2) is 5.99. The van der Waals surface area contributed by atoms with Crippen molar-refractivity contribution in [3.63, 3.8) is 0 Å². The van der Waals surface area contributed by atoms with E-state index >= 15 is 0 Å². The topological polar surface area (TPSA) is 29.5 Å². The molecule has 5 heteroatoms. The maximum atomic E-state index is 12.0. The van der Waals surface area contributed by atoms with Gasteiger partial charge in [-0.05, 0) is 35.4 Å². The fourth-order valence-electron chi connectivity index (χ4n) is 1.70. The number of aliphatic hydroxyl groups excluding tert-OH is 1. The summed E-state index contributed by atoms with van der Waals surface area (Å²) >= 11 is 5.84. The van der Waals surface area contributed by atoms with Crippen molar-refractivity contribution in [1.29, 1.82) is 0 Å². The van der Waals surface area contributed by atoms with Crippen LogP contribution in [0.2, 0.25) is 5.02 Å². The van der Waals surface area contributed by atoms with Crippen LogP contribution >= 0.6 is 11.6 Å². The second-order valence-corrected chi connectivity index (χ2v) is 4.34. The van der Waals surface area contributed by atoms with Crippen LogP contribution in [0.4, 0.5) is 8.78 Å². The van der Waals surface area contributed by atoms with Crippen LogP contribution in [0.1, 0.15) is 17.2 Å². The van der Waals surface area contributed by atoms with Gasteiger partial charge in [0, 0.05) is 5.02 Å². The standard InChI is InChI=1S/C14H11ClF2O2/c15-11-3-1-2-10(8-11)13(18)9-4-6-12(7-5-9)19-14(16)17/h1-8,13-14,18H. The molecule has 0 aliphatic heterocycles. The quantitative estimate of drug-likeness (QED) is 0.919. The molecular weight excluding hydrogens is 274 g/mol. The van der Waals surface area contributed by atoms with E-state index < -0.39 is 12.7 Å². The fourth-order valence-corrected chi connectivity index (χ4v) is 1.90. The Hall–Kier alpha value is -1.65. The Bertz CT molecular complexity index is 543. The Kier molecular flexibility index (Phi) is 4.35. The van der Waals surface area contributed by atoms with Gasteiger partial charge >= 0.3 is 6.61 Å². The van der Waals surface area contributed by atoms with Crippen molar-refractivity contribution in [1.82, 2.24) is 0 Å². The third-order valence-corrected chi connectivity index (χ3v) is 2.82. The molecule has 0 heterocycles. The van der Waals surface area contributed by atoms with Crippen molar-refractivity contribution < 1.29 is 18.6 Å². The largest absolute Gasteiger partial charge is 0.435 e. The Balaban J connectivity index is 2.17. The molecule has 0 saturated carbocycles. The van der Waals surface area contributed by atoms with E-state index in [1.807, 2.05) is 0 Å². The van der Waals surface area contributed by atoms with Crippen molar-refractivity contribution >= 4 is 11.6 Å². The van der Waals surface area contributed by atoms with Gasteiger partial charge in [0.2, 0.25) is 0 Å². The maximum Gasteiger partial charge on any atom is 0.387 e. The highest BCUT2D eigenvalue weighted by Crippen LogP contribution is 2.26. The van der Waals surface area contributed by atoms with Crippen LogP contribution in [0.3, 0.4) is 0 Å². The molecule has 0 fully saturated rings. The molecule has 2 aromatic carbocycles. The van der Waals surface area contributed by atoms with E-state index in [0.29, 0.717) is 16.1 Å². The van der Waals surface area contributed by atoms with E-state index in [2.05, 4.69) is 4.74 Å². The van der Waals surface area contributed by atoms with E-state index in [4.69, 9.17) is 11.6 Å². The van der Waals surface area contributed by atoms with Gasteiger partial charge in [0.05, 0.1) is 0 Å². The number of ether oxygens (including phenoxy) is 1. The number of rotatable bonds is 4. The van der Waals surface area contributed by atoms with Gasteiger partial charge < -0.3 is 9.84 Å². The van der Waals surface area contributed by atoms with Crippen molar-refractivity contribution in [2.75, 3.05) is 0 Å². The number of alkyl halides is 2. The molecule has 0 aromatic heterocycles. The lowest BCUT2D eigenvalue weighted by Crippen LogP contribution is -2.03. The molecule has 0 spiro atoms. The normalized spacial score (nSPS) is 12.5. The zero-order valence-corrected chi connectivity index (χ0v) is 10.5. The molecule has 2 aromatic rings. The van der Waals surface area contributed by atoms with Gasteiger partial charge in [-0.3, -0.25) is 0 Å². The monoisotopic (exact) mass is 284 g/mol. The molecule has 1 unspecified atom stereocenters. The summed E-state index contributed by atoms with van der Waals surface area (Å²) in [6, 6.07) is 12.7. The summed E-state index contributed by atoms with van der Waals surface area (Å²) in [5.41, 5.74) is 1.21. The van der Waals surface area contributed by atoms with Gasteiger partial charge in [-0.1, -0.05) is 35.9 Å². The molecule has 0 aliphatic rings. The van der Waals surface area contributed by atoms with Crippen LogP contribution in [0, 0.1) is 0 Å². The molecule has 1 atom stereocenters. The van der Waals surface area contributed by atoms with Crippen molar-refractivity contribution in [2.24, 2.45) is 0 Å². The third-order valence-electron chi connectivity index (χ3n) is 2.59. The minimum Gasteiger partial charge on any atom is -0.435 e. The highest BCUT2D eigenvalue weighted by Gasteiger charge is 2.11. The van der Waals surface area contributed by atoms with Crippen molar-refractivity contribution in [2.45, 2.75) is 12.7 Å². The van der Waals surface area contributed by atoms with E-state index in [9.17, 15) is 13.9 Å². The van der Waals surface area contributed by atoms with Gasteiger partial charge in [0.1, 0.15) is 11.9 Å². The molecule has 0 saturated heterocycles. The Morgan fingerprint density at radius 1 is 1.00 bits per heavy atom. The van der Waals surface area contributed by atoms with Crippen LogP contribution in [-0.2, 0) is 0 Å². The molecule has 0 bridgehead atoms. The summed E-state index contributed by atoms with van der Waals surface area (Å²) in [7, 11) is 0. The molecule has 2 rings (SSSR count). The molecule has 2 nitrogen and oxygen atoms in total. The first-order chi connectivity index (χ1) is 9.06. The Morgan fingerprint density at radius 2 is 1.68 bits per heavy atom. The van der Waals surface area contributed by atoms with Gasteiger partial charge in [-0.25, -0.2) is 0 Å². The van der Waals surface area contributed by atoms with Gasteiger partial charge in [-0.15, -0.1) is 0 Å². The minimum atomic E-state index is -2.86. The molecule has 0 amide bonds. The smallest absolute Gasteiger partial charge is 0.387 e. The maximum absolute atomic E-state index is 12.0. The lowest BCUT2D eigenvalue weighted by molar-refractivity contribution is -0.0498. The van der Waals surface area contributed by atoms with Crippen LogP contribution in [-0.4, -0.2) is 11.7 Å². The van der Waals surface area contributed by atoms with Crippen molar-refractivity contribution in [3.8, 4) is 5.75 Å². The highest BCUT2D eigenvalue weighted by atomic mass is 35.5. The summed E-state index contributed by atoms with van der Waals surface area (Å²) in [4.78, 5) is 0. The van der Waals surface area contributed by atoms with Crippen LogP contribution < -0.4 is 4.74 Å². The molecule has 19 heavy (non-hydrogen) atoms. The fraction of sp³-hybridized carbons (Fsp3) is 0.143. The van der Waals surface area contributed by atoms with Crippen LogP contribution in [0.5, 0.6) is 5.75 Å². The average molecular weight is 285 g/mol. The SMILES string of the molecule is OC(c1ccc(OC(F)F)cc1)c1cccc(Cl)c1. The zero-order valence-electron chi connectivity index (χ0n) is 9.76. The zero-order chi connectivity index (χ0) is 13.8. The third kappa shape index (κ3) is 3.66. The first-order valence-corrected chi connectivity index (χ1v) is 5.92. The van der Waals surface area contributed by atoms with Crippen LogP contribution in [0.25, 0.3) is 0 Å². The summed E-state index contributed by atoms with van der Waals surface area (Å²) in [6.45, 7) is -2.86. The van der Waals surface area contributed by atoms with E-state index in [1.165, 1.54) is 24.3 Å². The summed E-state index contributed by atoms with van der Waals surface area (Å²) in [5, 5.41) is 10.7. The predicted molar refractivity (Wildman–Crippen MR) is 68.6 cm³/mol. The highest BCUT2D eigenvalue weighted by molar-refractivity contribution is 6.30. The van der Waals surface area contributed by atoms with Gasteiger partial charge in [-0.2, -0.15) is 8.78 Å². The van der Waals surface area contributed by atoms with E-state index in [0.717, 1.165) is 0 Å². The van der Waals surface area contributed by atoms with Gasteiger partial charge in [0.25, 0.3) is 0 Å². The Morgan fingerprint density at radius 3 is 2.26 bits per heavy atom. The number of halogens is 3. The first-order valence-electron chi connectivity index (χ1n) is 5.54. The molecule has 100 valence electrons. The summed E-state index contributed by atoms with van der Waals surface area (Å²) in [5.74, 6) is 0.0528. The summed E-state index contributed by atoms with van der Waals surface area (Å²) < 4.78 is 28.2. The molecule has 0 aliphatic carbocycles. The van der Waals surface area contributed by atoms with Crippen molar-refractivity contribution in [3.05, 3.63) is 64.7 Å². The first kappa shape index (κ1) is 13.8. The minimum absolute atomic E-state index is 0.0528. The number of aliphatic hydroxyl groups is 1. The molecule has 0 radical (unpaired) electrons. The molecule has 1 N–H and O–H groups in total. The Labute approximate surface area is 114 Å². The van der Waals surface area contributed by atoms with E-state index in [1.54, 1.807) is 24.3 Å². The lowest BCUT2D eigenvalue weighted by Gasteiger charge is -2.12. The number of hydrogen-bond acceptors (Lipinski definition) is 2. The van der Waals surface area contributed by atoms with Crippen LogP contribution in [0.15, 0.2) is 48.5 Å². The van der Waals surface area contributed by atoms with E-state index in [-0.39, 0.29) is 5.75 Å². The lowest BCUT2D eigenvalue weighted by atomic mass is 10.0.